The van der Waals surface area contributed by atoms with Crippen LogP contribution in [0.4, 0.5) is 10.1 Å². The predicted molar refractivity (Wildman–Crippen MR) is 111 cm³/mol. The summed E-state index contributed by atoms with van der Waals surface area (Å²) in [5, 5.41) is 19.4. The van der Waals surface area contributed by atoms with Gasteiger partial charge >= 0.3 is 0 Å². The van der Waals surface area contributed by atoms with E-state index in [1.807, 2.05) is 0 Å². The molecule has 7 nitrogen and oxygen atoms in total. The third-order valence-corrected chi connectivity index (χ3v) is 5.76. The number of fused-ring (bicyclic) bond motifs is 1. The van der Waals surface area contributed by atoms with Crippen LogP contribution in [0, 0.1) is 12.7 Å². The molecule has 2 aromatic heterocycles. The van der Waals surface area contributed by atoms with Gasteiger partial charge in [0.2, 0.25) is 5.91 Å². The average molecular weight is 432 g/mol. The van der Waals surface area contributed by atoms with Crippen molar-refractivity contribution in [2.75, 3.05) is 11.4 Å². The van der Waals surface area contributed by atoms with Crippen LogP contribution < -0.4 is 4.90 Å². The lowest BCUT2D eigenvalue weighted by atomic mass is 10.1. The van der Waals surface area contributed by atoms with Crippen molar-refractivity contribution in [3.63, 3.8) is 0 Å². The van der Waals surface area contributed by atoms with Gasteiger partial charge in [-0.1, -0.05) is 11.6 Å². The standard InChI is InChI=1S/C21H23ClFN5O2/c1-13-19(22)20(21(2,3)30)25-27(13)12-18(29)26-10-4-5-16-17(26)11-24-28(16)15-8-6-14(23)7-9-15/h6-9,11,30H,4-5,10,12H2,1-3H3. The van der Waals surface area contributed by atoms with Gasteiger partial charge < -0.3 is 10.0 Å². The summed E-state index contributed by atoms with van der Waals surface area (Å²) < 4.78 is 16.5. The first kappa shape index (κ1) is 20.6. The molecule has 1 aliphatic rings. The van der Waals surface area contributed by atoms with Gasteiger partial charge in [0, 0.05) is 6.54 Å². The Morgan fingerprint density at radius 1 is 1.30 bits per heavy atom. The van der Waals surface area contributed by atoms with Crippen LogP contribution in [-0.4, -0.2) is 37.1 Å². The van der Waals surface area contributed by atoms with Crippen LogP contribution in [0.25, 0.3) is 5.69 Å². The molecule has 1 aliphatic heterocycles. The summed E-state index contributed by atoms with van der Waals surface area (Å²) in [4.78, 5) is 14.8. The lowest BCUT2D eigenvalue weighted by Crippen LogP contribution is -2.38. The first-order valence-electron chi connectivity index (χ1n) is 9.76. The van der Waals surface area contributed by atoms with Gasteiger partial charge in [0.15, 0.2) is 0 Å². The smallest absolute Gasteiger partial charge is 0.248 e. The van der Waals surface area contributed by atoms with Gasteiger partial charge in [0.05, 0.1) is 34.0 Å². The number of hydrogen-bond acceptors (Lipinski definition) is 4. The number of aliphatic hydroxyl groups is 1. The topological polar surface area (TPSA) is 76.2 Å². The van der Waals surface area contributed by atoms with Crippen molar-refractivity contribution >= 4 is 23.2 Å². The summed E-state index contributed by atoms with van der Waals surface area (Å²) in [5.41, 5.74) is 2.17. The Labute approximate surface area is 178 Å². The van der Waals surface area contributed by atoms with Crippen LogP contribution in [0.15, 0.2) is 30.5 Å². The number of rotatable bonds is 4. The number of halogens is 2. The number of amides is 1. The zero-order valence-corrected chi connectivity index (χ0v) is 17.8. The first-order chi connectivity index (χ1) is 14.2. The maximum Gasteiger partial charge on any atom is 0.248 e. The molecular weight excluding hydrogens is 409 g/mol. The number of nitrogens with zero attached hydrogens (tertiary/aromatic N) is 5. The summed E-state index contributed by atoms with van der Waals surface area (Å²) in [6, 6.07) is 6.10. The third kappa shape index (κ3) is 3.61. The molecule has 0 atom stereocenters. The first-order valence-corrected chi connectivity index (χ1v) is 10.1. The van der Waals surface area contributed by atoms with Crippen molar-refractivity contribution in [1.29, 1.82) is 0 Å². The van der Waals surface area contributed by atoms with E-state index >= 15 is 0 Å². The molecule has 0 saturated heterocycles. The van der Waals surface area contributed by atoms with Crippen LogP contribution in [-0.2, 0) is 23.4 Å². The van der Waals surface area contributed by atoms with Crippen molar-refractivity contribution in [1.82, 2.24) is 19.6 Å². The molecule has 4 rings (SSSR count). The van der Waals surface area contributed by atoms with Crippen LogP contribution in [0.2, 0.25) is 5.02 Å². The summed E-state index contributed by atoms with van der Waals surface area (Å²) in [5.74, 6) is -0.450. The van der Waals surface area contributed by atoms with Crippen molar-refractivity contribution in [3.8, 4) is 5.69 Å². The molecule has 1 amide bonds. The maximum atomic E-state index is 13.3. The molecule has 0 spiro atoms. The van der Waals surface area contributed by atoms with Gasteiger partial charge in [0.1, 0.15) is 23.7 Å². The van der Waals surface area contributed by atoms with Crippen LogP contribution in [0.1, 0.15) is 37.4 Å². The summed E-state index contributed by atoms with van der Waals surface area (Å²) in [7, 11) is 0. The van der Waals surface area contributed by atoms with E-state index in [4.69, 9.17) is 11.6 Å². The molecule has 1 N–H and O–H groups in total. The molecule has 0 saturated carbocycles. The van der Waals surface area contributed by atoms with E-state index in [1.54, 1.807) is 48.7 Å². The van der Waals surface area contributed by atoms with Crippen LogP contribution >= 0.6 is 11.6 Å². The van der Waals surface area contributed by atoms with E-state index in [1.165, 1.54) is 16.8 Å². The number of carbonyl (C=O) groups excluding carboxylic acids is 1. The Bertz CT molecular complexity index is 1100. The quantitative estimate of drug-likeness (QED) is 0.687. The Morgan fingerprint density at radius 3 is 2.63 bits per heavy atom. The van der Waals surface area contributed by atoms with Gasteiger partial charge in [-0.05, 0) is 57.9 Å². The molecule has 9 heteroatoms. The van der Waals surface area contributed by atoms with Gasteiger partial charge in [-0.3, -0.25) is 9.48 Å². The predicted octanol–water partition coefficient (Wildman–Crippen LogP) is 3.38. The van der Waals surface area contributed by atoms with Gasteiger partial charge in [0.25, 0.3) is 0 Å². The second-order valence-electron chi connectivity index (χ2n) is 7.98. The fourth-order valence-corrected chi connectivity index (χ4v) is 4.06. The lowest BCUT2D eigenvalue weighted by molar-refractivity contribution is -0.119. The van der Waals surface area contributed by atoms with Crippen molar-refractivity contribution in [3.05, 3.63) is 58.4 Å². The summed E-state index contributed by atoms with van der Waals surface area (Å²) in [6.45, 7) is 5.56. The SMILES string of the molecule is Cc1c(Cl)c(C(C)(C)O)nn1CC(=O)N1CCCc2c1cnn2-c1ccc(F)cc1. The monoisotopic (exact) mass is 431 g/mol. The molecular formula is C21H23ClFN5O2. The maximum absolute atomic E-state index is 13.3. The Balaban J connectivity index is 1.62. The molecule has 3 aromatic rings. The fourth-order valence-electron chi connectivity index (χ4n) is 3.70. The molecule has 30 heavy (non-hydrogen) atoms. The molecule has 158 valence electrons. The van der Waals surface area contributed by atoms with Crippen molar-refractivity contribution in [2.45, 2.75) is 45.8 Å². The number of anilines is 1. The molecule has 0 fully saturated rings. The third-order valence-electron chi connectivity index (χ3n) is 5.30. The van der Waals surface area contributed by atoms with E-state index in [0.717, 1.165) is 29.9 Å². The van der Waals surface area contributed by atoms with Crippen molar-refractivity contribution in [2.24, 2.45) is 0 Å². The summed E-state index contributed by atoms with van der Waals surface area (Å²) in [6.07, 6.45) is 3.23. The Morgan fingerprint density at radius 2 is 2.00 bits per heavy atom. The molecule has 0 bridgehead atoms. The largest absolute Gasteiger partial charge is 0.384 e. The molecule has 0 aliphatic carbocycles. The second-order valence-corrected chi connectivity index (χ2v) is 8.36. The highest BCUT2D eigenvalue weighted by Crippen LogP contribution is 2.31. The average Bonchev–Trinajstić information content (AvgIpc) is 3.25. The van der Waals surface area contributed by atoms with Gasteiger partial charge in [-0.15, -0.1) is 0 Å². The number of hydrogen-bond donors (Lipinski definition) is 1. The fraction of sp³-hybridized carbons (Fsp3) is 0.381. The van der Waals surface area contributed by atoms with E-state index in [-0.39, 0.29) is 18.3 Å². The lowest BCUT2D eigenvalue weighted by Gasteiger charge is -2.27. The van der Waals surface area contributed by atoms with Crippen molar-refractivity contribution < 1.29 is 14.3 Å². The molecule has 3 heterocycles. The minimum atomic E-state index is -1.20. The molecule has 0 radical (unpaired) electrons. The second kappa shape index (κ2) is 7.52. The van der Waals surface area contributed by atoms with E-state index in [2.05, 4.69) is 10.2 Å². The highest BCUT2D eigenvalue weighted by molar-refractivity contribution is 6.32. The Hall–Kier alpha value is -2.71. The van der Waals surface area contributed by atoms with Crippen LogP contribution in [0.3, 0.4) is 0 Å². The number of carbonyl (C=O) groups is 1. The summed E-state index contributed by atoms with van der Waals surface area (Å²) >= 11 is 6.32. The molecule has 0 unspecified atom stereocenters. The highest BCUT2D eigenvalue weighted by atomic mass is 35.5. The normalized spacial score (nSPS) is 14.1. The van der Waals surface area contributed by atoms with E-state index in [0.29, 0.717) is 23.0 Å². The van der Waals surface area contributed by atoms with Gasteiger partial charge in [-0.2, -0.15) is 10.2 Å². The zero-order chi connectivity index (χ0) is 21.6. The zero-order valence-electron chi connectivity index (χ0n) is 17.1. The minimum Gasteiger partial charge on any atom is -0.384 e. The number of benzene rings is 1. The Kier molecular flexibility index (Phi) is 5.15. The molecule has 1 aromatic carbocycles. The number of aromatic nitrogens is 4. The highest BCUT2D eigenvalue weighted by Gasteiger charge is 2.30. The van der Waals surface area contributed by atoms with Crippen LogP contribution in [0.5, 0.6) is 0 Å². The van der Waals surface area contributed by atoms with E-state index < -0.39 is 5.60 Å². The van der Waals surface area contributed by atoms with Gasteiger partial charge in [-0.25, -0.2) is 9.07 Å². The minimum absolute atomic E-state index is 0.00278. The van der Waals surface area contributed by atoms with E-state index in [9.17, 15) is 14.3 Å².